The van der Waals surface area contributed by atoms with E-state index in [4.69, 9.17) is 5.41 Å². The van der Waals surface area contributed by atoms with Gasteiger partial charge in [0.2, 0.25) is 0 Å². The van der Waals surface area contributed by atoms with Crippen LogP contribution in [0, 0.1) is 11.3 Å². The van der Waals surface area contributed by atoms with Crippen LogP contribution in [0.3, 0.4) is 0 Å². The minimum Gasteiger partial charge on any atom is -0.310 e. The molecule has 1 unspecified atom stereocenters. The summed E-state index contributed by atoms with van der Waals surface area (Å²) in [6.07, 6.45) is 0. The van der Waals surface area contributed by atoms with Crippen LogP contribution in [0.5, 0.6) is 0 Å². The Morgan fingerprint density at radius 2 is 2.56 bits per heavy atom. The van der Waals surface area contributed by atoms with Crippen molar-refractivity contribution < 1.29 is 0 Å². The van der Waals surface area contributed by atoms with E-state index >= 15 is 0 Å². The summed E-state index contributed by atoms with van der Waals surface area (Å²) in [6.45, 7) is 4.04. The highest BCUT2D eigenvalue weighted by Crippen LogP contribution is 2.11. The lowest BCUT2D eigenvalue weighted by molar-refractivity contribution is 0.597. The lowest BCUT2D eigenvalue weighted by Gasteiger charge is -2.02. The highest BCUT2D eigenvalue weighted by Gasteiger charge is 2.08. The van der Waals surface area contributed by atoms with E-state index < -0.39 is 0 Å². The number of hydrogen-bond donors (Lipinski definition) is 2. The van der Waals surface area contributed by atoms with E-state index in [0.29, 0.717) is 0 Å². The first-order valence-corrected chi connectivity index (χ1v) is 4.18. The Kier molecular flexibility index (Phi) is 2.54. The fraction of sp³-hybridized carbons (Fsp3) is 0.833. The first-order chi connectivity index (χ1) is 4.29. The van der Waals surface area contributed by atoms with E-state index in [0.717, 1.165) is 29.8 Å². The molecule has 0 aromatic heterocycles. The van der Waals surface area contributed by atoms with Gasteiger partial charge in [-0.05, 0) is 12.5 Å². The largest absolute Gasteiger partial charge is 0.310 e. The Bertz CT molecular complexity index is 114. The van der Waals surface area contributed by atoms with Gasteiger partial charge in [-0.1, -0.05) is 6.92 Å². The number of rotatable bonds is 0. The molecule has 0 saturated carbocycles. The molecule has 0 aliphatic carbocycles. The molecule has 1 heterocycles. The lowest BCUT2D eigenvalue weighted by Crippen LogP contribution is -2.22. The zero-order chi connectivity index (χ0) is 6.69. The van der Waals surface area contributed by atoms with Crippen LogP contribution in [0.2, 0.25) is 0 Å². The molecule has 1 atom stereocenters. The third-order valence-corrected chi connectivity index (χ3v) is 2.55. The van der Waals surface area contributed by atoms with Gasteiger partial charge in [-0.15, -0.1) is 11.8 Å². The Balaban J connectivity index is 2.34. The smallest absolute Gasteiger partial charge is 0.0780 e. The molecule has 1 saturated heterocycles. The van der Waals surface area contributed by atoms with Gasteiger partial charge in [0.05, 0.1) is 5.04 Å². The van der Waals surface area contributed by atoms with Crippen molar-refractivity contribution >= 4 is 16.8 Å². The van der Waals surface area contributed by atoms with E-state index in [1.807, 2.05) is 0 Å². The predicted octanol–water partition coefficient (Wildman–Crippen LogP) is 0.936. The predicted molar refractivity (Wildman–Crippen MR) is 42.2 cm³/mol. The standard InChI is InChI=1S/C6H12N2S/c1-5-2-8-3-6(7)9-4-5/h5,7-8H,2-4H2,1H3. The molecule has 1 aliphatic heterocycles. The van der Waals surface area contributed by atoms with Gasteiger partial charge in [0.15, 0.2) is 0 Å². The Hall–Kier alpha value is -0.0200. The summed E-state index contributed by atoms with van der Waals surface area (Å²) < 4.78 is 0. The fourth-order valence-corrected chi connectivity index (χ4v) is 1.59. The van der Waals surface area contributed by atoms with Crippen LogP contribution >= 0.6 is 11.8 Å². The maximum atomic E-state index is 7.32. The Morgan fingerprint density at radius 1 is 1.78 bits per heavy atom. The minimum absolute atomic E-state index is 0.720. The van der Waals surface area contributed by atoms with Crippen molar-refractivity contribution in [3.05, 3.63) is 0 Å². The monoisotopic (exact) mass is 144 g/mol. The molecule has 0 bridgehead atoms. The second kappa shape index (κ2) is 3.22. The number of thioether (sulfide) groups is 1. The summed E-state index contributed by atoms with van der Waals surface area (Å²) >= 11 is 1.67. The second-order valence-corrected chi connectivity index (χ2v) is 3.59. The Morgan fingerprint density at radius 3 is 3.33 bits per heavy atom. The van der Waals surface area contributed by atoms with Gasteiger partial charge in [0, 0.05) is 12.3 Å². The van der Waals surface area contributed by atoms with Gasteiger partial charge in [0.1, 0.15) is 0 Å². The SMILES string of the molecule is CC1CNCC(=N)SC1. The molecular weight excluding hydrogens is 132 g/mol. The highest BCUT2D eigenvalue weighted by atomic mass is 32.2. The molecule has 0 radical (unpaired) electrons. The quantitative estimate of drug-likeness (QED) is 0.530. The topological polar surface area (TPSA) is 35.9 Å². The van der Waals surface area contributed by atoms with Gasteiger partial charge in [-0.2, -0.15) is 0 Å². The van der Waals surface area contributed by atoms with Crippen LogP contribution in [-0.2, 0) is 0 Å². The first-order valence-electron chi connectivity index (χ1n) is 3.20. The van der Waals surface area contributed by atoms with Crippen molar-refractivity contribution in [2.24, 2.45) is 5.92 Å². The molecule has 9 heavy (non-hydrogen) atoms. The molecule has 2 nitrogen and oxygen atoms in total. The van der Waals surface area contributed by atoms with E-state index in [1.54, 1.807) is 11.8 Å². The zero-order valence-corrected chi connectivity index (χ0v) is 6.42. The van der Waals surface area contributed by atoms with Gasteiger partial charge < -0.3 is 5.32 Å². The van der Waals surface area contributed by atoms with Crippen LogP contribution < -0.4 is 5.32 Å². The highest BCUT2D eigenvalue weighted by molar-refractivity contribution is 8.13. The van der Waals surface area contributed by atoms with Crippen molar-refractivity contribution in [2.75, 3.05) is 18.8 Å². The summed E-state index contributed by atoms with van der Waals surface area (Å²) in [5.41, 5.74) is 0. The number of nitrogens with one attached hydrogen (secondary N) is 2. The van der Waals surface area contributed by atoms with E-state index in [2.05, 4.69) is 12.2 Å². The molecule has 2 N–H and O–H groups in total. The van der Waals surface area contributed by atoms with Crippen LogP contribution in [0.4, 0.5) is 0 Å². The van der Waals surface area contributed by atoms with Gasteiger partial charge in [0.25, 0.3) is 0 Å². The summed E-state index contributed by atoms with van der Waals surface area (Å²) in [6, 6.07) is 0. The summed E-state index contributed by atoms with van der Waals surface area (Å²) in [7, 11) is 0. The molecule has 0 aromatic rings. The van der Waals surface area contributed by atoms with E-state index in [9.17, 15) is 0 Å². The maximum Gasteiger partial charge on any atom is 0.0780 e. The Labute approximate surface area is 59.9 Å². The van der Waals surface area contributed by atoms with Crippen molar-refractivity contribution in [1.29, 1.82) is 5.41 Å². The minimum atomic E-state index is 0.720. The van der Waals surface area contributed by atoms with E-state index in [-0.39, 0.29) is 0 Å². The maximum absolute atomic E-state index is 7.32. The average molecular weight is 144 g/mol. The van der Waals surface area contributed by atoms with Gasteiger partial charge in [-0.25, -0.2) is 0 Å². The van der Waals surface area contributed by atoms with Gasteiger partial charge >= 0.3 is 0 Å². The normalized spacial score (nSPS) is 29.9. The zero-order valence-electron chi connectivity index (χ0n) is 5.61. The molecule has 1 aliphatic rings. The first kappa shape index (κ1) is 7.09. The molecule has 3 heteroatoms. The van der Waals surface area contributed by atoms with Crippen LogP contribution in [0.15, 0.2) is 0 Å². The number of hydrogen-bond acceptors (Lipinski definition) is 3. The lowest BCUT2D eigenvalue weighted by atomic mass is 10.2. The van der Waals surface area contributed by atoms with Crippen molar-refractivity contribution in [2.45, 2.75) is 6.92 Å². The third-order valence-electron chi connectivity index (χ3n) is 1.32. The summed E-state index contributed by atoms with van der Waals surface area (Å²) in [5.74, 6) is 1.82. The van der Waals surface area contributed by atoms with Gasteiger partial charge in [-0.3, -0.25) is 5.41 Å². The molecule has 0 spiro atoms. The fourth-order valence-electron chi connectivity index (χ4n) is 0.785. The van der Waals surface area contributed by atoms with E-state index in [1.165, 1.54) is 0 Å². The average Bonchev–Trinajstić information content (AvgIpc) is 1.97. The van der Waals surface area contributed by atoms with Crippen LogP contribution in [0.1, 0.15) is 6.92 Å². The van der Waals surface area contributed by atoms with Crippen LogP contribution in [-0.4, -0.2) is 23.9 Å². The summed E-state index contributed by atoms with van der Waals surface area (Å²) in [4.78, 5) is 0. The molecule has 1 rings (SSSR count). The van der Waals surface area contributed by atoms with Crippen LogP contribution in [0.25, 0.3) is 0 Å². The van der Waals surface area contributed by atoms with Crippen molar-refractivity contribution in [3.8, 4) is 0 Å². The third kappa shape index (κ3) is 2.37. The molecule has 0 amide bonds. The summed E-state index contributed by atoms with van der Waals surface area (Å²) in [5, 5.41) is 11.3. The molecule has 0 aromatic carbocycles. The van der Waals surface area contributed by atoms with Crippen molar-refractivity contribution in [3.63, 3.8) is 0 Å². The second-order valence-electron chi connectivity index (χ2n) is 2.47. The molecule has 1 fully saturated rings. The molecular formula is C6H12N2S. The molecule has 52 valence electrons. The van der Waals surface area contributed by atoms with Crippen molar-refractivity contribution in [1.82, 2.24) is 5.32 Å².